The number of anilines is 1. The van der Waals surface area contributed by atoms with Crippen molar-refractivity contribution in [3.05, 3.63) is 29.3 Å². The van der Waals surface area contributed by atoms with E-state index in [4.69, 9.17) is 0 Å². The van der Waals surface area contributed by atoms with Crippen LogP contribution in [0.3, 0.4) is 0 Å². The molecular weight excluding hydrogens is 186 g/mol. The number of carbonyl (C=O) groups is 1. The summed E-state index contributed by atoms with van der Waals surface area (Å²) < 4.78 is 0. The lowest BCUT2D eigenvalue weighted by atomic mass is 9.87. The van der Waals surface area contributed by atoms with E-state index >= 15 is 0 Å². The van der Waals surface area contributed by atoms with E-state index < -0.39 is 0 Å². The van der Waals surface area contributed by atoms with Gasteiger partial charge in [0.05, 0.1) is 5.69 Å². The predicted octanol–water partition coefficient (Wildman–Crippen LogP) is 2.27. The Bertz CT molecular complexity index is 425. The van der Waals surface area contributed by atoms with Crippen molar-refractivity contribution in [2.75, 3.05) is 18.0 Å². The van der Waals surface area contributed by atoms with Crippen molar-refractivity contribution >= 4 is 11.5 Å². The van der Waals surface area contributed by atoms with Gasteiger partial charge in [-0.2, -0.15) is 0 Å². The average Bonchev–Trinajstić information content (AvgIpc) is 2.26. The number of carbonyl (C=O) groups excluding carboxylic acids is 1. The van der Waals surface area contributed by atoms with Gasteiger partial charge in [0.1, 0.15) is 0 Å². The van der Waals surface area contributed by atoms with Crippen molar-refractivity contribution < 1.29 is 4.79 Å². The van der Waals surface area contributed by atoms with Crippen LogP contribution in [0.2, 0.25) is 0 Å². The second-order valence-corrected chi connectivity index (χ2v) is 4.63. The number of para-hydroxylation sites is 1. The lowest BCUT2D eigenvalue weighted by Crippen LogP contribution is -2.41. The maximum Gasteiger partial charge on any atom is 0.169 e. The first-order valence-corrected chi connectivity index (χ1v) is 5.68. The fourth-order valence-corrected chi connectivity index (χ4v) is 2.80. The fraction of sp³-hybridized carbons (Fsp3) is 0.462. The summed E-state index contributed by atoms with van der Waals surface area (Å²) in [6, 6.07) is 6.16. The molecule has 0 saturated heterocycles. The molecule has 0 amide bonds. The molecule has 2 aliphatic heterocycles. The van der Waals surface area contributed by atoms with Crippen molar-refractivity contribution in [1.29, 1.82) is 0 Å². The summed E-state index contributed by atoms with van der Waals surface area (Å²) >= 11 is 0. The molecule has 0 bridgehead atoms. The Morgan fingerprint density at radius 2 is 2.27 bits per heavy atom. The molecule has 1 atom stereocenters. The molecule has 1 aromatic carbocycles. The van der Waals surface area contributed by atoms with Crippen molar-refractivity contribution in [3.63, 3.8) is 0 Å². The zero-order valence-corrected chi connectivity index (χ0v) is 8.99. The molecule has 15 heavy (non-hydrogen) atoms. The molecule has 0 fully saturated rings. The van der Waals surface area contributed by atoms with Crippen LogP contribution in [-0.4, -0.2) is 18.9 Å². The number of Topliss-reactive ketones (excluding diaryl/α,β-unsaturated/α-hetero) is 1. The molecule has 2 heteroatoms. The molecule has 0 aromatic heterocycles. The number of nitrogens with zero attached hydrogens (tertiary/aromatic N) is 1. The number of hydrogen-bond acceptors (Lipinski definition) is 2. The minimum absolute atomic E-state index is 0.158. The summed E-state index contributed by atoms with van der Waals surface area (Å²) in [4.78, 5) is 14.4. The Morgan fingerprint density at radius 3 is 3.13 bits per heavy atom. The standard InChI is InChI=1S/C13H15NO/c1-9-8-14-7-3-5-10-4-2-6-11(12(10)14)13(9)15/h2,4,6,9H,3,5,7-8H2,1H3/t9-/m1/s1. The van der Waals surface area contributed by atoms with E-state index in [2.05, 4.69) is 11.0 Å². The quantitative estimate of drug-likeness (QED) is 0.641. The van der Waals surface area contributed by atoms with Crippen molar-refractivity contribution in [2.24, 2.45) is 5.92 Å². The van der Waals surface area contributed by atoms with E-state index in [0.29, 0.717) is 5.78 Å². The zero-order valence-electron chi connectivity index (χ0n) is 8.99. The van der Waals surface area contributed by atoms with Crippen LogP contribution < -0.4 is 4.90 Å². The highest BCUT2D eigenvalue weighted by Gasteiger charge is 2.31. The second kappa shape index (κ2) is 3.09. The van der Waals surface area contributed by atoms with Crippen molar-refractivity contribution in [2.45, 2.75) is 19.8 Å². The smallest absolute Gasteiger partial charge is 0.169 e. The third kappa shape index (κ3) is 1.21. The van der Waals surface area contributed by atoms with Gasteiger partial charge in [0, 0.05) is 24.6 Å². The minimum Gasteiger partial charge on any atom is -0.370 e. The van der Waals surface area contributed by atoms with Crippen molar-refractivity contribution in [1.82, 2.24) is 0 Å². The van der Waals surface area contributed by atoms with E-state index in [0.717, 1.165) is 25.1 Å². The molecule has 0 aliphatic carbocycles. The average molecular weight is 201 g/mol. The normalized spacial score (nSPS) is 23.9. The molecule has 3 rings (SSSR count). The Morgan fingerprint density at radius 1 is 1.40 bits per heavy atom. The first-order valence-electron chi connectivity index (χ1n) is 5.68. The van der Waals surface area contributed by atoms with E-state index in [1.165, 1.54) is 17.7 Å². The number of rotatable bonds is 0. The number of ketones is 1. The van der Waals surface area contributed by atoms with Gasteiger partial charge in [0.15, 0.2) is 5.78 Å². The molecule has 0 spiro atoms. The molecule has 0 saturated carbocycles. The zero-order chi connectivity index (χ0) is 10.4. The number of hydrogen-bond donors (Lipinski definition) is 0. The van der Waals surface area contributed by atoms with Crippen LogP contribution >= 0.6 is 0 Å². The first kappa shape index (κ1) is 8.96. The number of aryl methyl sites for hydroxylation is 1. The third-order valence-corrected chi connectivity index (χ3v) is 3.52. The summed E-state index contributed by atoms with van der Waals surface area (Å²) in [5, 5.41) is 0. The lowest BCUT2D eigenvalue weighted by Gasteiger charge is -2.38. The monoisotopic (exact) mass is 201 g/mol. The Hall–Kier alpha value is -1.31. The topological polar surface area (TPSA) is 20.3 Å². The first-order chi connectivity index (χ1) is 7.27. The molecule has 2 heterocycles. The molecule has 2 nitrogen and oxygen atoms in total. The van der Waals surface area contributed by atoms with Crippen LogP contribution in [-0.2, 0) is 6.42 Å². The van der Waals surface area contributed by atoms with E-state index in [9.17, 15) is 4.79 Å². The Labute approximate surface area is 89.9 Å². The van der Waals surface area contributed by atoms with Crippen LogP contribution in [0.5, 0.6) is 0 Å². The van der Waals surface area contributed by atoms with Gasteiger partial charge >= 0.3 is 0 Å². The van der Waals surface area contributed by atoms with Crippen LogP contribution in [0.25, 0.3) is 0 Å². The predicted molar refractivity (Wildman–Crippen MR) is 60.5 cm³/mol. The molecule has 1 aromatic rings. The summed E-state index contributed by atoms with van der Waals surface area (Å²) in [5.41, 5.74) is 3.54. The van der Waals surface area contributed by atoms with Gasteiger partial charge < -0.3 is 4.90 Å². The van der Waals surface area contributed by atoms with Gasteiger partial charge in [-0.1, -0.05) is 19.1 Å². The van der Waals surface area contributed by atoms with E-state index in [1.54, 1.807) is 0 Å². The highest BCUT2D eigenvalue weighted by atomic mass is 16.1. The van der Waals surface area contributed by atoms with Crippen LogP contribution in [0, 0.1) is 5.92 Å². The summed E-state index contributed by atoms with van der Waals surface area (Å²) in [7, 11) is 0. The number of benzene rings is 1. The maximum atomic E-state index is 12.0. The summed E-state index contributed by atoms with van der Waals surface area (Å²) in [6.07, 6.45) is 2.35. The second-order valence-electron chi connectivity index (χ2n) is 4.63. The van der Waals surface area contributed by atoms with Gasteiger partial charge in [-0.3, -0.25) is 4.79 Å². The minimum atomic E-state index is 0.158. The highest BCUT2D eigenvalue weighted by Crippen LogP contribution is 2.36. The molecular formula is C13H15NO. The summed E-state index contributed by atoms with van der Waals surface area (Å²) in [5.74, 6) is 0.482. The van der Waals surface area contributed by atoms with Crippen molar-refractivity contribution in [3.8, 4) is 0 Å². The molecule has 2 aliphatic rings. The van der Waals surface area contributed by atoms with Gasteiger partial charge in [-0.15, -0.1) is 0 Å². The third-order valence-electron chi connectivity index (χ3n) is 3.52. The highest BCUT2D eigenvalue weighted by molar-refractivity contribution is 6.05. The Kier molecular flexibility index (Phi) is 1.84. The van der Waals surface area contributed by atoms with E-state index in [1.807, 2.05) is 19.1 Å². The van der Waals surface area contributed by atoms with Gasteiger partial charge in [-0.05, 0) is 24.5 Å². The molecule has 0 radical (unpaired) electrons. The molecule has 0 N–H and O–H groups in total. The summed E-state index contributed by atoms with van der Waals surface area (Å²) in [6.45, 7) is 4.05. The van der Waals surface area contributed by atoms with Gasteiger partial charge in [0.25, 0.3) is 0 Å². The Balaban J connectivity index is 2.22. The van der Waals surface area contributed by atoms with Crippen LogP contribution in [0.1, 0.15) is 29.3 Å². The molecule has 0 unspecified atom stereocenters. The van der Waals surface area contributed by atoms with Gasteiger partial charge in [-0.25, -0.2) is 0 Å². The van der Waals surface area contributed by atoms with E-state index in [-0.39, 0.29) is 5.92 Å². The SMILES string of the molecule is C[C@@H]1CN2CCCc3cccc(c32)C1=O. The molecule has 78 valence electrons. The fourth-order valence-electron chi connectivity index (χ4n) is 2.80. The lowest BCUT2D eigenvalue weighted by molar-refractivity contribution is 0.0925. The van der Waals surface area contributed by atoms with Crippen LogP contribution in [0.15, 0.2) is 18.2 Å². The van der Waals surface area contributed by atoms with Crippen LogP contribution in [0.4, 0.5) is 5.69 Å². The van der Waals surface area contributed by atoms with Gasteiger partial charge in [0.2, 0.25) is 0 Å². The maximum absolute atomic E-state index is 12.0. The largest absolute Gasteiger partial charge is 0.370 e.